The van der Waals surface area contributed by atoms with Crippen LogP contribution in [0.1, 0.15) is 39.3 Å². The molecule has 4 atom stereocenters. The van der Waals surface area contributed by atoms with Gasteiger partial charge in [-0.05, 0) is 60.7 Å². The maximum Gasteiger partial charge on any atom is 0.274 e. The highest BCUT2D eigenvalue weighted by atomic mass is 35.5. The highest BCUT2D eigenvalue weighted by Gasteiger charge is 2.62. The second-order valence-corrected chi connectivity index (χ2v) is 10.1. The third-order valence-corrected chi connectivity index (χ3v) is 8.09. The summed E-state index contributed by atoms with van der Waals surface area (Å²) in [6.45, 7) is -0.426. The molecule has 3 fully saturated rings. The summed E-state index contributed by atoms with van der Waals surface area (Å²) in [4.78, 5) is 53.4. The Bertz CT molecular complexity index is 1070. The lowest BCUT2D eigenvalue weighted by atomic mass is 9.81. The van der Waals surface area contributed by atoms with Gasteiger partial charge in [-0.25, -0.2) is 5.01 Å². The standard InChI is InChI=1S/C22H18Cl2N2O4S/c23-13-5-6-14(15(24)9-13)20(28)25(10-16(27)17-2-1-7-31-17)26-21(29)18-11-3-4-12(8-11)19(18)22(26)30/h1-2,5-7,9,11-12,18-19H,3-4,8,10H2/t11-,12-,18-,19-/m0/s1. The molecule has 0 unspecified atom stereocenters. The molecule has 2 saturated carbocycles. The molecule has 1 aromatic heterocycles. The van der Waals surface area contributed by atoms with Gasteiger partial charge in [-0.1, -0.05) is 29.3 Å². The monoisotopic (exact) mass is 476 g/mol. The van der Waals surface area contributed by atoms with Crippen molar-refractivity contribution in [2.45, 2.75) is 19.3 Å². The number of nitrogens with zero attached hydrogens (tertiary/aromatic N) is 2. The van der Waals surface area contributed by atoms with E-state index in [4.69, 9.17) is 23.2 Å². The number of hydrazine groups is 1. The first-order valence-electron chi connectivity index (χ1n) is 10.1. The van der Waals surface area contributed by atoms with E-state index >= 15 is 0 Å². The third kappa shape index (κ3) is 3.30. The Morgan fingerprint density at radius 1 is 1.06 bits per heavy atom. The quantitative estimate of drug-likeness (QED) is 0.475. The summed E-state index contributed by atoms with van der Waals surface area (Å²) in [5, 5.41) is 4.08. The Labute approximate surface area is 192 Å². The van der Waals surface area contributed by atoms with Crippen molar-refractivity contribution in [3.05, 3.63) is 56.2 Å². The van der Waals surface area contributed by atoms with Crippen LogP contribution in [0.5, 0.6) is 0 Å². The van der Waals surface area contributed by atoms with Crippen molar-refractivity contribution < 1.29 is 19.2 Å². The zero-order valence-electron chi connectivity index (χ0n) is 16.3. The first kappa shape index (κ1) is 20.7. The number of ketones is 1. The fraction of sp³-hybridized carbons (Fsp3) is 0.364. The molecule has 1 saturated heterocycles. The maximum absolute atomic E-state index is 13.5. The van der Waals surface area contributed by atoms with Crippen LogP contribution in [0.4, 0.5) is 0 Å². The van der Waals surface area contributed by atoms with Crippen LogP contribution >= 0.6 is 34.5 Å². The van der Waals surface area contributed by atoms with E-state index < -0.39 is 24.3 Å². The number of amides is 3. The van der Waals surface area contributed by atoms with E-state index in [1.165, 1.54) is 29.5 Å². The third-order valence-electron chi connectivity index (χ3n) is 6.63. The summed E-state index contributed by atoms with van der Waals surface area (Å²) >= 11 is 13.4. The summed E-state index contributed by atoms with van der Waals surface area (Å²) < 4.78 is 0. The van der Waals surface area contributed by atoms with Crippen LogP contribution in [0.25, 0.3) is 0 Å². The van der Waals surface area contributed by atoms with Crippen LogP contribution in [-0.4, -0.2) is 40.1 Å². The van der Waals surface area contributed by atoms with Crippen LogP contribution in [0, 0.1) is 23.7 Å². The number of benzene rings is 1. The van der Waals surface area contributed by atoms with Crippen molar-refractivity contribution >= 4 is 58.0 Å². The molecule has 6 nitrogen and oxygen atoms in total. The fourth-order valence-electron chi connectivity index (χ4n) is 5.32. The van der Waals surface area contributed by atoms with Crippen molar-refractivity contribution in [3.63, 3.8) is 0 Å². The summed E-state index contributed by atoms with van der Waals surface area (Å²) in [5.74, 6) is -2.28. The lowest BCUT2D eigenvalue weighted by Gasteiger charge is -2.31. The van der Waals surface area contributed by atoms with Gasteiger partial charge in [0.25, 0.3) is 17.7 Å². The number of imide groups is 1. The normalized spacial score (nSPS) is 26.5. The Balaban J connectivity index is 1.52. The second kappa shape index (κ2) is 7.73. The van der Waals surface area contributed by atoms with E-state index in [0.717, 1.165) is 29.3 Å². The number of carbonyl (C=O) groups is 4. The average Bonchev–Trinajstić information content (AvgIpc) is 3.51. The molecule has 2 heterocycles. The van der Waals surface area contributed by atoms with Gasteiger partial charge < -0.3 is 0 Å². The van der Waals surface area contributed by atoms with Crippen molar-refractivity contribution in [1.82, 2.24) is 10.0 Å². The molecule has 1 aliphatic heterocycles. The van der Waals surface area contributed by atoms with Gasteiger partial charge >= 0.3 is 0 Å². The Morgan fingerprint density at radius 2 is 1.74 bits per heavy atom. The number of halogens is 2. The van der Waals surface area contributed by atoms with Gasteiger partial charge in [0.05, 0.1) is 27.3 Å². The lowest BCUT2D eigenvalue weighted by Crippen LogP contribution is -2.52. The lowest BCUT2D eigenvalue weighted by molar-refractivity contribution is -0.154. The minimum Gasteiger partial charge on any atom is -0.291 e. The van der Waals surface area contributed by atoms with Crippen molar-refractivity contribution in [2.75, 3.05) is 6.54 Å². The SMILES string of the molecule is O=C(CN(C(=O)c1ccc(Cl)cc1Cl)N1C(=O)[C@H]2[C@H]3CC[C@@H](C3)[C@@H]2C1=O)c1cccs1. The minimum atomic E-state index is -0.680. The highest BCUT2D eigenvalue weighted by Crippen LogP contribution is 2.56. The zero-order chi connectivity index (χ0) is 21.9. The molecule has 0 spiro atoms. The van der Waals surface area contributed by atoms with Gasteiger partial charge in [-0.2, -0.15) is 5.01 Å². The first-order chi connectivity index (χ1) is 14.9. The van der Waals surface area contributed by atoms with Crippen LogP contribution in [0.15, 0.2) is 35.7 Å². The van der Waals surface area contributed by atoms with E-state index in [9.17, 15) is 19.2 Å². The van der Waals surface area contributed by atoms with E-state index in [-0.39, 0.29) is 40.0 Å². The topological polar surface area (TPSA) is 74.8 Å². The number of hydrogen-bond donors (Lipinski definition) is 0. The average molecular weight is 477 g/mol. The molecule has 3 amide bonds. The van der Waals surface area contributed by atoms with E-state index in [2.05, 4.69) is 0 Å². The molecule has 3 aliphatic rings. The first-order valence-corrected chi connectivity index (χ1v) is 11.7. The number of carbonyl (C=O) groups excluding carboxylic acids is 4. The van der Waals surface area contributed by atoms with Gasteiger partial charge in [0.1, 0.15) is 6.54 Å². The Morgan fingerprint density at radius 3 is 2.32 bits per heavy atom. The number of hydrogen-bond acceptors (Lipinski definition) is 5. The van der Waals surface area contributed by atoms with Crippen LogP contribution < -0.4 is 0 Å². The molecule has 2 aromatic rings. The smallest absolute Gasteiger partial charge is 0.274 e. The van der Waals surface area contributed by atoms with Crippen molar-refractivity contribution in [3.8, 4) is 0 Å². The maximum atomic E-state index is 13.5. The summed E-state index contributed by atoms with van der Waals surface area (Å²) in [5.41, 5.74) is 0.0747. The van der Waals surface area contributed by atoms with Gasteiger partial charge in [-0.3, -0.25) is 19.2 Å². The highest BCUT2D eigenvalue weighted by molar-refractivity contribution is 7.12. The van der Waals surface area contributed by atoms with E-state index in [0.29, 0.717) is 9.90 Å². The molecule has 0 N–H and O–H groups in total. The molecular formula is C22H18Cl2N2O4S. The van der Waals surface area contributed by atoms with Gasteiger partial charge in [0.15, 0.2) is 5.78 Å². The Kier molecular flexibility index (Phi) is 5.15. The number of Topliss-reactive ketones (excluding diaryl/α,β-unsaturated/α-hetero) is 1. The Hall–Kier alpha value is -2.22. The van der Waals surface area contributed by atoms with Crippen molar-refractivity contribution in [2.24, 2.45) is 23.7 Å². The minimum absolute atomic E-state index is 0.0747. The number of rotatable bonds is 5. The molecule has 5 rings (SSSR count). The molecule has 0 radical (unpaired) electrons. The van der Waals surface area contributed by atoms with E-state index in [1.54, 1.807) is 17.5 Å². The summed E-state index contributed by atoms with van der Waals surface area (Å²) in [6, 6.07) is 7.73. The van der Waals surface area contributed by atoms with Crippen LogP contribution in [0.3, 0.4) is 0 Å². The fourth-order valence-corrected chi connectivity index (χ4v) is 6.46. The summed E-state index contributed by atoms with van der Waals surface area (Å²) in [6.07, 6.45) is 2.72. The largest absolute Gasteiger partial charge is 0.291 e. The zero-order valence-corrected chi connectivity index (χ0v) is 18.6. The number of thiophene rings is 1. The molecular weight excluding hydrogens is 459 g/mol. The predicted molar refractivity (Wildman–Crippen MR) is 116 cm³/mol. The molecule has 31 heavy (non-hydrogen) atoms. The molecule has 9 heteroatoms. The van der Waals surface area contributed by atoms with Crippen molar-refractivity contribution in [1.29, 1.82) is 0 Å². The predicted octanol–water partition coefficient (Wildman–Crippen LogP) is 4.33. The molecule has 2 bridgehead atoms. The summed E-state index contributed by atoms with van der Waals surface area (Å²) in [7, 11) is 0. The molecule has 1 aromatic carbocycles. The van der Waals surface area contributed by atoms with E-state index in [1.807, 2.05) is 0 Å². The second-order valence-electron chi connectivity index (χ2n) is 8.26. The molecule has 2 aliphatic carbocycles. The van der Waals surface area contributed by atoms with Crippen LogP contribution in [0.2, 0.25) is 10.0 Å². The molecule has 160 valence electrons. The van der Waals surface area contributed by atoms with Gasteiger partial charge in [-0.15, -0.1) is 11.3 Å². The van der Waals surface area contributed by atoms with Gasteiger partial charge in [0.2, 0.25) is 0 Å². The number of fused-ring (bicyclic) bond motifs is 5. The van der Waals surface area contributed by atoms with Gasteiger partial charge in [0, 0.05) is 5.02 Å². The van der Waals surface area contributed by atoms with Crippen LogP contribution in [-0.2, 0) is 9.59 Å².